The Hall–Kier alpha value is -1.58. The number of hydrogen-bond donors (Lipinski definition) is 1. The molecular formula is C16H13BrF3NO3S. The minimum atomic E-state index is -4.79. The summed E-state index contributed by atoms with van der Waals surface area (Å²) in [5.74, 6) is 0.651. The predicted octanol–water partition coefficient (Wildman–Crippen LogP) is 3.75. The first kappa shape index (κ1) is 18.2. The summed E-state index contributed by atoms with van der Waals surface area (Å²) >= 11 is 2.94. The van der Waals surface area contributed by atoms with Crippen molar-refractivity contribution in [3.05, 3.63) is 58.1 Å². The summed E-state index contributed by atoms with van der Waals surface area (Å²) < 4.78 is 72.5. The lowest BCUT2D eigenvalue weighted by Crippen LogP contribution is -2.43. The molecule has 2 aromatic carbocycles. The summed E-state index contributed by atoms with van der Waals surface area (Å²) in [6.45, 7) is 0.0497. The Balaban J connectivity index is 1.89. The van der Waals surface area contributed by atoms with Gasteiger partial charge >= 0.3 is 6.18 Å². The summed E-state index contributed by atoms with van der Waals surface area (Å²) in [6.07, 6.45) is -4.45. The topological polar surface area (TPSA) is 55.4 Å². The molecule has 1 aliphatic heterocycles. The number of benzene rings is 2. The molecular weight excluding hydrogens is 423 g/mol. The van der Waals surface area contributed by atoms with Gasteiger partial charge in [0.1, 0.15) is 12.4 Å². The van der Waals surface area contributed by atoms with E-state index in [1.54, 1.807) is 24.3 Å². The molecule has 3 rings (SSSR count). The van der Waals surface area contributed by atoms with Gasteiger partial charge in [-0.3, -0.25) is 0 Å². The van der Waals surface area contributed by atoms with Gasteiger partial charge in [0.2, 0.25) is 10.0 Å². The molecule has 2 aromatic rings. The average Bonchev–Trinajstić information content (AvgIpc) is 2.53. The molecule has 0 fully saturated rings. The lowest BCUT2D eigenvalue weighted by Gasteiger charge is -2.26. The van der Waals surface area contributed by atoms with Crippen LogP contribution in [0.25, 0.3) is 0 Å². The van der Waals surface area contributed by atoms with E-state index >= 15 is 0 Å². The molecule has 9 heteroatoms. The Labute approximate surface area is 151 Å². The molecule has 0 bridgehead atoms. The normalized spacial score (nSPS) is 17.7. The van der Waals surface area contributed by atoms with Gasteiger partial charge in [-0.1, -0.05) is 34.1 Å². The zero-order valence-corrected chi connectivity index (χ0v) is 15.1. The quantitative estimate of drug-likeness (QED) is 0.798. The molecule has 1 heterocycles. The lowest BCUT2D eigenvalue weighted by molar-refractivity contribution is -0.139. The van der Waals surface area contributed by atoms with Crippen LogP contribution in [0.15, 0.2) is 51.8 Å². The summed E-state index contributed by atoms with van der Waals surface area (Å²) in [5, 5.41) is 0. The zero-order chi connectivity index (χ0) is 18.2. The van der Waals surface area contributed by atoms with Crippen LogP contribution in [0.2, 0.25) is 0 Å². The largest absolute Gasteiger partial charge is 0.492 e. The Morgan fingerprint density at radius 1 is 1.16 bits per heavy atom. The van der Waals surface area contributed by atoms with Gasteiger partial charge in [0, 0.05) is 4.47 Å². The highest BCUT2D eigenvalue weighted by Gasteiger charge is 2.38. The predicted molar refractivity (Wildman–Crippen MR) is 88.9 cm³/mol. The van der Waals surface area contributed by atoms with Gasteiger partial charge in [-0.25, -0.2) is 13.1 Å². The molecule has 4 nitrogen and oxygen atoms in total. The molecule has 0 amide bonds. The van der Waals surface area contributed by atoms with Crippen LogP contribution in [0.5, 0.6) is 5.75 Å². The number of para-hydroxylation sites is 1. The second-order valence-corrected chi connectivity index (χ2v) is 8.18. The summed E-state index contributed by atoms with van der Waals surface area (Å²) in [7, 11) is -4.36. The number of sulfonamides is 1. The zero-order valence-electron chi connectivity index (χ0n) is 12.7. The van der Waals surface area contributed by atoms with E-state index in [2.05, 4.69) is 20.7 Å². The van der Waals surface area contributed by atoms with Crippen molar-refractivity contribution < 1.29 is 26.3 Å². The number of rotatable bonds is 3. The second-order valence-electron chi connectivity index (χ2n) is 5.58. The standard InChI is InChI=1S/C16H13BrF3NO3S/c17-11-5-6-15(13(8-11)16(18,19)20)25(22,23)21-12-7-10-3-1-2-4-14(10)24-9-12/h1-6,8,12,21H,7,9H2. The van der Waals surface area contributed by atoms with Crippen molar-refractivity contribution in [3.63, 3.8) is 0 Å². The van der Waals surface area contributed by atoms with Crippen molar-refractivity contribution in [2.75, 3.05) is 6.61 Å². The molecule has 1 atom stereocenters. The van der Waals surface area contributed by atoms with Gasteiger partial charge in [0.05, 0.1) is 16.5 Å². The van der Waals surface area contributed by atoms with Crippen LogP contribution in [0.3, 0.4) is 0 Å². The van der Waals surface area contributed by atoms with E-state index in [9.17, 15) is 21.6 Å². The minimum absolute atomic E-state index is 0.0497. The highest BCUT2D eigenvalue weighted by atomic mass is 79.9. The van der Waals surface area contributed by atoms with Crippen LogP contribution in [0.1, 0.15) is 11.1 Å². The second kappa shape index (κ2) is 6.62. The number of hydrogen-bond acceptors (Lipinski definition) is 3. The van der Waals surface area contributed by atoms with E-state index in [0.717, 1.165) is 17.7 Å². The fraction of sp³-hybridized carbons (Fsp3) is 0.250. The number of ether oxygens (including phenoxy) is 1. The van der Waals surface area contributed by atoms with Crippen molar-refractivity contribution in [2.45, 2.75) is 23.5 Å². The molecule has 0 saturated carbocycles. The molecule has 0 saturated heterocycles. The van der Waals surface area contributed by atoms with Gasteiger partial charge in [-0.05, 0) is 36.2 Å². The Morgan fingerprint density at radius 3 is 2.60 bits per heavy atom. The summed E-state index contributed by atoms with van der Waals surface area (Å²) in [5.41, 5.74) is -0.417. The molecule has 0 radical (unpaired) electrons. The molecule has 0 aliphatic carbocycles. The molecule has 1 unspecified atom stereocenters. The van der Waals surface area contributed by atoms with Gasteiger partial charge in [-0.2, -0.15) is 13.2 Å². The first-order valence-electron chi connectivity index (χ1n) is 7.26. The Kier molecular flexibility index (Phi) is 4.82. The minimum Gasteiger partial charge on any atom is -0.492 e. The van der Waals surface area contributed by atoms with Crippen molar-refractivity contribution in [2.24, 2.45) is 0 Å². The number of fused-ring (bicyclic) bond motifs is 1. The van der Waals surface area contributed by atoms with E-state index in [1.807, 2.05) is 0 Å². The molecule has 0 spiro atoms. The van der Waals surface area contributed by atoms with Crippen LogP contribution >= 0.6 is 15.9 Å². The summed E-state index contributed by atoms with van der Waals surface area (Å²) in [4.78, 5) is -0.804. The molecule has 25 heavy (non-hydrogen) atoms. The van der Waals surface area contributed by atoms with Crippen molar-refractivity contribution in [3.8, 4) is 5.75 Å². The smallest absolute Gasteiger partial charge is 0.417 e. The first-order valence-corrected chi connectivity index (χ1v) is 9.54. The third-order valence-corrected chi connectivity index (χ3v) is 5.81. The highest BCUT2D eigenvalue weighted by molar-refractivity contribution is 9.10. The maximum atomic E-state index is 13.2. The van der Waals surface area contributed by atoms with Gasteiger partial charge in [-0.15, -0.1) is 0 Å². The van der Waals surface area contributed by atoms with E-state index < -0.39 is 32.7 Å². The average molecular weight is 436 g/mol. The SMILES string of the molecule is O=S(=O)(NC1COc2ccccc2C1)c1ccc(Br)cc1C(F)(F)F. The van der Waals surface area contributed by atoms with Crippen LogP contribution in [-0.4, -0.2) is 21.1 Å². The fourth-order valence-corrected chi connectivity index (χ4v) is 4.43. The van der Waals surface area contributed by atoms with E-state index in [0.29, 0.717) is 12.2 Å². The van der Waals surface area contributed by atoms with Crippen LogP contribution in [0, 0.1) is 0 Å². The maximum absolute atomic E-state index is 13.2. The molecule has 134 valence electrons. The van der Waals surface area contributed by atoms with Gasteiger partial charge in [0.25, 0.3) is 0 Å². The van der Waals surface area contributed by atoms with Crippen molar-refractivity contribution >= 4 is 26.0 Å². The monoisotopic (exact) mass is 435 g/mol. The molecule has 1 aliphatic rings. The maximum Gasteiger partial charge on any atom is 0.417 e. The van der Waals surface area contributed by atoms with Crippen molar-refractivity contribution in [1.82, 2.24) is 4.72 Å². The van der Waals surface area contributed by atoms with Gasteiger partial charge in [0.15, 0.2) is 0 Å². The Bertz CT molecular complexity index is 900. The van der Waals surface area contributed by atoms with Gasteiger partial charge < -0.3 is 4.74 Å². The highest BCUT2D eigenvalue weighted by Crippen LogP contribution is 2.36. The van der Waals surface area contributed by atoms with Crippen LogP contribution in [-0.2, 0) is 22.6 Å². The third-order valence-electron chi connectivity index (χ3n) is 3.74. The van der Waals surface area contributed by atoms with E-state index in [1.165, 1.54) is 6.07 Å². The van der Waals surface area contributed by atoms with E-state index in [-0.39, 0.29) is 11.1 Å². The fourth-order valence-electron chi connectivity index (χ4n) is 2.64. The summed E-state index contributed by atoms with van der Waals surface area (Å²) in [6, 6.07) is 9.43. The third kappa shape index (κ3) is 3.99. The lowest BCUT2D eigenvalue weighted by atomic mass is 10.0. The number of alkyl halides is 3. The number of halogens is 4. The first-order chi connectivity index (χ1) is 11.7. The van der Waals surface area contributed by atoms with E-state index in [4.69, 9.17) is 4.74 Å². The van der Waals surface area contributed by atoms with Crippen LogP contribution < -0.4 is 9.46 Å². The van der Waals surface area contributed by atoms with Crippen LogP contribution in [0.4, 0.5) is 13.2 Å². The number of nitrogens with one attached hydrogen (secondary N) is 1. The molecule has 1 N–H and O–H groups in total. The molecule has 0 aromatic heterocycles. The van der Waals surface area contributed by atoms with Crippen molar-refractivity contribution in [1.29, 1.82) is 0 Å². The Morgan fingerprint density at radius 2 is 1.88 bits per heavy atom.